The van der Waals surface area contributed by atoms with E-state index in [9.17, 15) is 22.0 Å². The number of benzene rings is 2. The van der Waals surface area contributed by atoms with E-state index in [-0.39, 0.29) is 68.8 Å². The van der Waals surface area contributed by atoms with Crippen LogP contribution in [0, 0.1) is 11.6 Å². The Morgan fingerprint density at radius 1 is 1.15 bits per heavy atom. The number of rotatable bonds is 5. The van der Waals surface area contributed by atoms with Gasteiger partial charge < -0.3 is 25.8 Å². The number of fused-ring (bicyclic) bond motifs is 5. The summed E-state index contributed by atoms with van der Waals surface area (Å²) in [5, 5.41) is 10.1. The number of alkyl halides is 4. The minimum Gasteiger partial charge on any atom is -0.483 e. The van der Waals surface area contributed by atoms with Gasteiger partial charge in [0.15, 0.2) is 10.9 Å². The van der Waals surface area contributed by atoms with Gasteiger partial charge in [-0.1, -0.05) is 11.3 Å². The van der Waals surface area contributed by atoms with Crippen molar-refractivity contribution in [3.8, 4) is 17.1 Å². The van der Waals surface area contributed by atoms with Crippen LogP contribution in [0.1, 0.15) is 37.7 Å². The number of hydrogen-bond donors (Lipinski definition) is 3. The van der Waals surface area contributed by atoms with Gasteiger partial charge in [0.2, 0.25) is 0 Å². The topological polar surface area (TPSA) is 130 Å². The third-order valence-corrected chi connectivity index (χ3v) is 10.7. The monoisotopic (exact) mass is 695 g/mol. The molecular formula is C31H31F6N7O3S. The van der Waals surface area contributed by atoms with Crippen molar-refractivity contribution in [1.82, 2.24) is 25.2 Å². The lowest BCUT2D eigenvalue weighted by Crippen LogP contribution is -2.52. The van der Waals surface area contributed by atoms with E-state index < -0.39 is 40.6 Å². The lowest BCUT2D eigenvalue weighted by Gasteiger charge is -2.37. The molecule has 4 fully saturated rings. The maximum atomic E-state index is 16.8. The predicted octanol–water partition coefficient (Wildman–Crippen LogP) is 5.38. The van der Waals surface area contributed by atoms with Crippen LogP contribution < -0.4 is 20.7 Å². The van der Waals surface area contributed by atoms with Crippen LogP contribution in [-0.4, -0.2) is 88.0 Å². The van der Waals surface area contributed by atoms with Gasteiger partial charge in [0, 0.05) is 54.7 Å². The highest BCUT2D eigenvalue weighted by Crippen LogP contribution is 2.47. The van der Waals surface area contributed by atoms with E-state index >= 15 is 4.39 Å². The van der Waals surface area contributed by atoms with Gasteiger partial charge in [-0.15, -0.1) is 0 Å². The molecule has 2 aromatic heterocycles. The molecule has 17 heteroatoms. The van der Waals surface area contributed by atoms with Crippen LogP contribution >= 0.6 is 11.3 Å². The number of carbonyl (C=O) groups is 1. The molecule has 0 aliphatic carbocycles. The van der Waals surface area contributed by atoms with Crippen molar-refractivity contribution in [1.29, 1.82) is 0 Å². The van der Waals surface area contributed by atoms with Crippen molar-refractivity contribution in [2.75, 3.05) is 43.4 Å². The molecule has 48 heavy (non-hydrogen) atoms. The van der Waals surface area contributed by atoms with Crippen molar-refractivity contribution in [2.45, 2.75) is 62.1 Å². The van der Waals surface area contributed by atoms with Gasteiger partial charge in [0.25, 0.3) is 6.47 Å². The lowest BCUT2D eigenvalue weighted by molar-refractivity contribution is -0.137. The van der Waals surface area contributed by atoms with E-state index in [0.717, 1.165) is 61.8 Å². The van der Waals surface area contributed by atoms with Crippen LogP contribution in [-0.2, 0) is 11.0 Å². The van der Waals surface area contributed by atoms with Gasteiger partial charge in [-0.3, -0.25) is 9.69 Å². The Hall–Kier alpha value is -3.96. The van der Waals surface area contributed by atoms with Gasteiger partial charge >= 0.3 is 12.2 Å². The summed E-state index contributed by atoms with van der Waals surface area (Å²) in [6.07, 6.45) is -2.50. The summed E-state index contributed by atoms with van der Waals surface area (Å²) in [4.78, 5) is 25.4. The molecule has 4 atom stereocenters. The van der Waals surface area contributed by atoms with Crippen LogP contribution in [0.15, 0.2) is 18.2 Å². The summed E-state index contributed by atoms with van der Waals surface area (Å²) in [5.41, 5.74) is 2.41. The van der Waals surface area contributed by atoms with Gasteiger partial charge in [0.1, 0.15) is 29.9 Å². The molecule has 4 aliphatic heterocycles. The molecule has 2 unspecified atom stereocenters. The minimum atomic E-state index is -4.99. The van der Waals surface area contributed by atoms with E-state index in [2.05, 4.69) is 25.2 Å². The van der Waals surface area contributed by atoms with Crippen LogP contribution in [0.5, 0.6) is 6.01 Å². The number of aromatic nitrogens is 3. The Labute approximate surface area is 273 Å². The number of thiazole rings is 1. The number of nitrogens with zero attached hydrogens (tertiary/aromatic N) is 5. The third kappa shape index (κ3) is 5.44. The Balaban J connectivity index is 0.00000117. The van der Waals surface area contributed by atoms with Crippen molar-refractivity contribution < 1.29 is 41.0 Å². The number of anilines is 2. The van der Waals surface area contributed by atoms with Crippen LogP contribution in [0.2, 0.25) is 0 Å². The zero-order valence-corrected chi connectivity index (χ0v) is 26.2. The zero-order chi connectivity index (χ0) is 34.0. The van der Waals surface area contributed by atoms with Crippen molar-refractivity contribution >= 4 is 49.9 Å². The molecule has 256 valence electrons. The third-order valence-electron chi connectivity index (χ3n) is 9.83. The molecule has 4 aliphatic rings. The summed E-state index contributed by atoms with van der Waals surface area (Å²) in [5.74, 6) is -1.81. The summed E-state index contributed by atoms with van der Waals surface area (Å²) >= 11 is 0.766. The van der Waals surface area contributed by atoms with E-state index in [4.69, 9.17) is 20.4 Å². The summed E-state index contributed by atoms with van der Waals surface area (Å²) < 4.78 is 96.3. The van der Waals surface area contributed by atoms with Crippen molar-refractivity contribution in [3.63, 3.8) is 0 Å². The molecule has 0 saturated carbocycles. The molecule has 6 heterocycles. The molecule has 0 radical (unpaired) electrons. The Morgan fingerprint density at radius 3 is 2.58 bits per heavy atom. The summed E-state index contributed by atoms with van der Waals surface area (Å²) in [6.45, 7) is 2.06. The first-order valence-electron chi connectivity index (χ1n) is 15.5. The minimum absolute atomic E-state index is 0.0625. The van der Waals surface area contributed by atoms with Crippen LogP contribution in [0.4, 0.5) is 37.3 Å². The molecule has 10 nitrogen and oxygen atoms in total. The molecule has 4 saturated heterocycles. The van der Waals surface area contributed by atoms with E-state index in [1.165, 1.54) is 0 Å². The summed E-state index contributed by atoms with van der Waals surface area (Å²) in [7, 11) is 0. The number of nitrogens with two attached hydrogens (primary N) is 1. The van der Waals surface area contributed by atoms with Crippen molar-refractivity contribution in [3.05, 3.63) is 35.4 Å². The van der Waals surface area contributed by atoms with Crippen LogP contribution in [0.3, 0.4) is 0 Å². The fraction of sp³-hybridized carbons (Fsp3) is 0.484. The smallest absolute Gasteiger partial charge is 0.417 e. The predicted molar refractivity (Wildman–Crippen MR) is 167 cm³/mol. The van der Waals surface area contributed by atoms with Gasteiger partial charge in [-0.25, -0.2) is 18.2 Å². The Morgan fingerprint density at radius 2 is 1.88 bits per heavy atom. The van der Waals surface area contributed by atoms with E-state index in [0.29, 0.717) is 26.1 Å². The Kier molecular flexibility index (Phi) is 8.26. The standard InChI is InChI=1S/C30H29F6N7OS.CH2O2/c31-14-9-29(6-1-7-42(29)12-14)13-44-28-40-23-18(26(41-28)43-15-2-3-16(43)11-38-10-15)8-19(30(34,35)36)21(22(23)33)17-4-5-20(32)25-24(17)39-27(37)45-25;2-1-3/h4-5,8,14-16,38H,1-3,6-7,9-13H2,(H2,37,39);1H,(H,2,3)/t14-,15?,16?,29+;/m1./s1. The molecule has 0 spiro atoms. The van der Waals surface area contributed by atoms with Crippen molar-refractivity contribution in [2.24, 2.45) is 0 Å². The molecule has 4 aromatic rings. The van der Waals surface area contributed by atoms with Gasteiger partial charge in [0.05, 0.1) is 21.3 Å². The molecule has 2 aromatic carbocycles. The van der Waals surface area contributed by atoms with Gasteiger partial charge in [-0.2, -0.15) is 23.1 Å². The molecular weight excluding hydrogens is 664 g/mol. The highest BCUT2D eigenvalue weighted by Gasteiger charge is 2.49. The highest BCUT2D eigenvalue weighted by atomic mass is 32.1. The summed E-state index contributed by atoms with van der Waals surface area (Å²) in [6, 6.07) is 2.62. The number of nitrogens with one attached hydrogen (secondary N) is 1. The second-order valence-corrected chi connectivity index (χ2v) is 13.6. The van der Waals surface area contributed by atoms with E-state index in [1.807, 2.05) is 4.90 Å². The first-order valence-corrected chi connectivity index (χ1v) is 16.3. The zero-order valence-electron chi connectivity index (χ0n) is 25.4. The number of hydrogen-bond acceptors (Lipinski definition) is 10. The normalized spacial score (nSPS) is 25.4. The first-order chi connectivity index (χ1) is 22.9. The number of carboxylic acid groups (broad SMARTS) is 1. The fourth-order valence-electron chi connectivity index (χ4n) is 7.91. The van der Waals surface area contributed by atoms with E-state index in [1.54, 1.807) is 0 Å². The number of nitrogen functional groups attached to an aromatic ring is 1. The number of halogens is 6. The maximum absolute atomic E-state index is 16.8. The Bertz CT molecular complexity index is 1880. The fourth-order valence-corrected chi connectivity index (χ4v) is 8.67. The first kappa shape index (κ1) is 32.6. The molecule has 2 bridgehead atoms. The second kappa shape index (κ2) is 12.2. The van der Waals surface area contributed by atoms with Crippen LogP contribution in [0.25, 0.3) is 32.2 Å². The SMILES string of the molecule is Nc1nc2c(-c3c(C(F)(F)F)cc4c(N5C6CCC5CNC6)nc(OC[C@@]56CCCN5C[C@H](F)C6)nc4c3F)ccc(F)c2s1.O=CO. The molecule has 8 rings (SSSR count). The molecule has 4 N–H and O–H groups in total. The lowest BCUT2D eigenvalue weighted by atomic mass is 9.94. The number of ether oxygens (including phenoxy) is 1. The average Bonchev–Trinajstić information content (AvgIpc) is 3.76. The molecule has 0 amide bonds. The largest absolute Gasteiger partial charge is 0.483 e. The quantitative estimate of drug-likeness (QED) is 0.185. The number of piperazine rings is 1. The average molecular weight is 696 g/mol. The van der Waals surface area contributed by atoms with Gasteiger partial charge in [-0.05, 0) is 50.4 Å². The highest BCUT2D eigenvalue weighted by molar-refractivity contribution is 7.22. The maximum Gasteiger partial charge on any atom is 0.417 e. The second-order valence-electron chi connectivity index (χ2n) is 12.6.